The summed E-state index contributed by atoms with van der Waals surface area (Å²) in [6, 6.07) is 7.53. The van der Waals surface area contributed by atoms with E-state index in [-0.39, 0.29) is 11.8 Å². The highest BCUT2D eigenvalue weighted by Crippen LogP contribution is 2.29. The van der Waals surface area contributed by atoms with Gasteiger partial charge in [-0.3, -0.25) is 4.79 Å². The average molecular weight is 329 g/mol. The van der Waals surface area contributed by atoms with E-state index in [1.807, 2.05) is 36.1 Å². The number of piperidine rings is 1. The first-order valence-corrected chi connectivity index (χ1v) is 8.47. The number of amides is 1. The van der Waals surface area contributed by atoms with E-state index < -0.39 is 0 Å². The van der Waals surface area contributed by atoms with Crippen molar-refractivity contribution >= 4 is 5.91 Å². The lowest BCUT2D eigenvalue weighted by Gasteiger charge is -2.31. The number of methoxy groups -OCH3 is 1. The summed E-state index contributed by atoms with van der Waals surface area (Å²) in [7, 11) is 1.63. The van der Waals surface area contributed by atoms with E-state index in [9.17, 15) is 4.79 Å². The van der Waals surface area contributed by atoms with Crippen LogP contribution in [0.2, 0.25) is 0 Å². The van der Waals surface area contributed by atoms with Gasteiger partial charge in [-0.1, -0.05) is 6.92 Å². The number of aromatic nitrogens is 2. The maximum absolute atomic E-state index is 12.1. The molecule has 1 saturated heterocycles. The molecule has 0 spiro atoms. The van der Waals surface area contributed by atoms with Crippen LogP contribution in [-0.2, 0) is 4.79 Å². The quantitative estimate of drug-likeness (QED) is 0.842. The number of carbonyl (C=O) groups is 1. The summed E-state index contributed by atoms with van der Waals surface area (Å²) in [6.07, 6.45) is 3.43. The monoisotopic (exact) mass is 329 g/mol. The van der Waals surface area contributed by atoms with Crippen molar-refractivity contribution in [1.82, 2.24) is 15.1 Å². The molecule has 6 nitrogen and oxygen atoms in total. The smallest absolute Gasteiger partial charge is 0.247 e. The molecule has 128 valence electrons. The van der Waals surface area contributed by atoms with E-state index >= 15 is 0 Å². The van der Waals surface area contributed by atoms with Gasteiger partial charge in [0.2, 0.25) is 17.7 Å². The molecule has 1 aromatic heterocycles. The molecule has 2 aromatic rings. The summed E-state index contributed by atoms with van der Waals surface area (Å²) in [4.78, 5) is 14.0. The Morgan fingerprint density at radius 1 is 1.33 bits per heavy atom. The number of likely N-dealkylation sites (tertiary alicyclic amines) is 1. The first-order valence-electron chi connectivity index (χ1n) is 8.47. The Morgan fingerprint density at radius 2 is 2.12 bits per heavy atom. The Hall–Kier alpha value is -2.37. The van der Waals surface area contributed by atoms with Gasteiger partial charge >= 0.3 is 0 Å². The fourth-order valence-corrected chi connectivity index (χ4v) is 3.03. The van der Waals surface area contributed by atoms with Gasteiger partial charge in [0.05, 0.1) is 13.0 Å². The molecule has 3 rings (SSSR count). The van der Waals surface area contributed by atoms with Crippen LogP contribution in [0.4, 0.5) is 0 Å². The molecule has 1 aliphatic rings. The minimum absolute atomic E-state index is 0.124. The molecule has 1 amide bonds. The minimum Gasteiger partial charge on any atom is -0.497 e. The number of rotatable bonds is 5. The second kappa shape index (κ2) is 7.47. The predicted octanol–water partition coefficient (Wildman–Crippen LogP) is 3.25. The molecule has 0 saturated carbocycles. The minimum atomic E-state index is 0.124. The van der Waals surface area contributed by atoms with Gasteiger partial charge in [-0.05, 0) is 43.5 Å². The van der Waals surface area contributed by atoms with Crippen molar-refractivity contribution < 1.29 is 13.9 Å². The number of hydrogen-bond acceptors (Lipinski definition) is 5. The van der Waals surface area contributed by atoms with Gasteiger partial charge in [0.25, 0.3) is 0 Å². The summed E-state index contributed by atoms with van der Waals surface area (Å²) < 4.78 is 11.0. The molecular weight excluding hydrogens is 306 g/mol. The summed E-state index contributed by atoms with van der Waals surface area (Å²) in [5, 5.41) is 8.38. The molecule has 0 bridgehead atoms. The first-order chi connectivity index (χ1) is 11.7. The van der Waals surface area contributed by atoms with Gasteiger partial charge in [0.15, 0.2) is 0 Å². The molecule has 1 fully saturated rings. The van der Waals surface area contributed by atoms with Crippen LogP contribution in [0.1, 0.15) is 44.4 Å². The van der Waals surface area contributed by atoms with Gasteiger partial charge in [-0.15, -0.1) is 10.2 Å². The molecular formula is C18H23N3O3. The molecule has 2 heterocycles. The van der Waals surface area contributed by atoms with Crippen molar-refractivity contribution in [3.05, 3.63) is 30.2 Å². The molecule has 0 N–H and O–H groups in total. The van der Waals surface area contributed by atoms with Crippen molar-refractivity contribution in [2.45, 2.75) is 38.5 Å². The van der Waals surface area contributed by atoms with Crippen LogP contribution < -0.4 is 4.74 Å². The highest BCUT2D eigenvalue weighted by Gasteiger charge is 2.28. The zero-order valence-corrected chi connectivity index (χ0v) is 14.2. The topological polar surface area (TPSA) is 68.5 Å². The predicted molar refractivity (Wildman–Crippen MR) is 89.7 cm³/mol. The number of nitrogens with zero attached hydrogens (tertiary/aromatic N) is 3. The van der Waals surface area contributed by atoms with Crippen LogP contribution in [-0.4, -0.2) is 41.2 Å². The standard InChI is InChI=1S/C18H23N3O3/c1-3-5-16(22)21-11-4-6-14(12-21)18-20-19-17(24-18)13-7-9-15(23-2)10-8-13/h7-10,14H,3-6,11-12H2,1-2H3. The van der Waals surface area contributed by atoms with Crippen LogP contribution in [0.15, 0.2) is 28.7 Å². The summed E-state index contributed by atoms with van der Waals surface area (Å²) in [6.45, 7) is 3.52. The lowest BCUT2D eigenvalue weighted by Crippen LogP contribution is -2.39. The van der Waals surface area contributed by atoms with Gasteiger partial charge < -0.3 is 14.1 Å². The highest BCUT2D eigenvalue weighted by atomic mass is 16.5. The van der Waals surface area contributed by atoms with Crippen molar-refractivity contribution in [3.8, 4) is 17.2 Å². The second-order valence-electron chi connectivity index (χ2n) is 6.10. The van der Waals surface area contributed by atoms with Crippen molar-refractivity contribution in [2.24, 2.45) is 0 Å². The third-order valence-corrected chi connectivity index (χ3v) is 4.36. The van der Waals surface area contributed by atoms with E-state index in [0.717, 1.165) is 37.1 Å². The number of carbonyl (C=O) groups excluding carboxylic acids is 1. The zero-order valence-electron chi connectivity index (χ0n) is 14.2. The highest BCUT2D eigenvalue weighted by molar-refractivity contribution is 5.76. The van der Waals surface area contributed by atoms with Crippen molar-refractivity contribution in [2.75, 3.05) is 20.2 Å². The Morgan fingerprint density at radius 3 is 2.83 bits per heavy atom. The molecule has 24 heavy (non-hydrogen) atoms. The number of benzene rings is 1. The molecule has 1 aromatic carbocycles. The van der Waals surface area contributed by atoms with E-state index in [1.165, 1.54) is 0 Å². The third kappa shape index (κ3) is 3.58. The maximum atomic E-state index is 12.1. The summed E-state index contributed by atoms with van der Waals surface area (Å²) in [5.41, 5.74) is 0.865. The third-order valence-electron chi connectivity index (χ3n) is 4.36. The van der Waals surface area contributed by atoms with Crippen LogP contribution >= 0.6 is 0 Å². The maximum Gasteiger partial charge on any atom is 0.247 e. The van der Waals surface area contributed by atoms with Crippen molar-refractivity contribution in [1.29, 1.82) is 0 Å². The second-order valence-corrected chi connectivity index (χ2v) is 6.10. The Kier molecular flexibility index (Phi) is 5.13. The fourth-order valence-electron chi connectivity index (χ4n) is 3.03. The Balaban J connectivity index is 1.71. The van der Waals surface area contributed by atoms with Gasteiger partial charge in [0, 0.05) is 25.1 Å². The lowest BCUT2D eigenvalue weighted by atomic mass is 9.97. The Bertz CT molecular complexity index is 681. The number of hydrogen-bond donors (Lipinski definition) is 0. The summed E-state index contributed by atoms with van der Waals surface area (Å²) >= 11 is 0. The van der Waals surface area contributed by atoms with Crippen molar-refractivity contribution in [3.63, 3.8) is 0 Å². The SMILES string of the molecule is CCCC(=O)N1CCCC(c2nnc(-c3ccc(OC)cc3)o2)C1. The summed E-state index contributed by atoms with van der Waals surface area (Å²) in [5.74, 6) is 2.26. The van der Waals surface area contributed by atoms with Gasteiger partial charge in [-0.25, -0.2) is 0 Å². The zero-order chi connectivity index (χ0) is 16.9. The van der Waals surface area contributed by atoms with Gasteiger partial charge in [0.1, 0.15) is 5.75 Å². The molecule has 0 radical (unpaired) electrons. The van der Waals surface area contributed by atoms with E-state index in [1.54, 1.807) is 7.11 Å². The molecule has 1 atom stereocenters. The first kappa shape index (κ1) is 16.5. The molecule has 6 heteroatoms. The van der Waals surface area contributed by atoms with Crippen LogP contribution in [0, 0.1) is 0 Å². The van der Waals surface area contributed by atoms with Gasteiger partial charge in [-0.2, -0.15) is 0 Å². The van der Waals surface area contributed by atoms with Crippen LogP contribution in [0.25, 0.3) is 11.5 Å². The molecule has 0 aliphatic carbocycles. The largest absolute Gasteiger partial charge is 0.497 e. The number of ether oxygens (including phenoxy) is 1. The average Bonchev–Trinajstić information content (AvgIpc) is 3.12. The normalized spacial score (nSPS) is 17.8. The lowest BCUT2D eigenvalue weighted by molar-refractivity contribution is -0.132. The van der Waals surface area contributed by atoms with E-state index in [0.29, 0.717) is 24.7 Å². The van der Waals surface area contributed by atoms with Crippen LogP contribution in [0.3, 0.4) is 0 Å². The molecule has 1 unspecified atom stereocenters. The van der Waals surface area contributed by atoms with E-state index in [4.69, 9.17) is 9.15 Å². The van der Waals surface area contributed by atoms with Crippen LogP contribution in [0.5, 0.6) is 5.75 Å². The van der Waals surface area contributed by atoms with E-state index in [2.05, 4.69) is 10.2 Å². The Labute approximate surface area is 141 Å². The fraction of sp³-hybridized carbons (Fsp3) is 0.500. The molecule has 1 aliphatic heterocycles.